The number of hydrogen-bond acceptors (Lipinski definition) is 3. The van der Waals surface area contributed by atoms with Crippen molar-refractivity contribution in [3.05, 3.63) is 70.4 Å². The predicted octanol–water partition coefficient (Wildman–Crippen LogP) is 4.71. The van der Waals surface area contributed by atoms with Gasteiger partial charge in [-0.3, -0.25) is 4.79 Å². The molecule has 0 radical (unpaired) electrons. The largest absolute Gasteiger partial charge is 0.494 e. The Labute approximate surface area is 162 Å². The molecule has 1 aliphatic rings. The van der Waals surface area contributed by atoms with E-state index in [0.717, 1.165) is 28.1 Å². The summed E-state index contributed by atoms with van der Waals surface area (Å²) < 4.78 is 7.54. The molecule has 3 aromatic rings. The molecule has 1 aliphatic heterocycles. The Morgan fingerprint density at radius 3 is 2.85 bits per heavy atom. The number of benzene rings is 2. The molecular weight excluding hydrogens is 362 g/mol. The van der Waals surface area contributed by atoms with Crippen molar-refractivity contribution in [1.82, 2.24) is 9.78 Å². The average molecular weight is 382 g/mol. The molecule has 5 nitrogen and oxygen atoms in total. The molecule has 138 valence electrons. The Hall–Kier alpha value is -2.79. The van der Waals surface area contributed by atoms with Crippen molar-refractivity contribution in [2.24, 2.45) is 0 Å². The Morgan fingerprint density at radius 2 is 2.04 bits per heavy atom. The topological polar surface area (TPSA) is 56.1 Å². The van der Waals surface area contributed by atoms with Crippen LogP contribution in [0.4, 0.5) is 5.82 Å². The standard InChI is InChI=1S/C21H20ClN3O2/c1-3-27-19-10-5-4-7-14(19)15-11-20(26)24-21-16(15)12-23-25(21)18-9-6-8-17(22)13(18)2/h4-10,12,15H,3,11H2,1-2H3,(H,24,26). The van der Waals surface area contributed by atoms with Crippen LogP contribution in [0, 0.1) is 6.92 Å². The molecule has 0 saturated heterocycles. The van der Waals surface area contributed by atoms with E-state index in [2.05, 4.69) is 10.4 Å². The smallest absolute Gasteiger partial charge is 0.226 e. The lowest BCUT2D eigenvalue weighted by molar-refractivity contribution is -0.116. The molecular formula is C21H20ClN3O2. The third kappa shape index (κ3) is 3.08. The first-order valence-corrected chi connectivity index (χ1v) is 9.33. The van der Waals surface area contributed by atoms with Crippen molar-refractivity contribution >= 4 is 23.3 Å². The van der Waals surface area contributed by atoms with Crippen molar-refractivity contribution in [3.63, 3.8) is 0 Å². The van der Waals surface area contributed by atoms with Crippen LogP contribution in [0.3, 0.4) is 0 Å². The van der Waals surface area contributed by atoms with E-state index in [1.165, 1.54) is 0 Å². The first-order chi connectivity index (χ1) is 13.1. The number of carbonyl (C=O) groups is 1. The molecule has 2 heterocycles. The fourth-order valence-electron chi connectivity index (χ4n) is 3.56. The minimum atomic E-state index is -0.107. The van der Waals surface area contributed by atoms with Gasteiger partial charge in [-0.1, -0.05) is 35.9 Å². The van der Waals surface area contributed by atoms with E-state index in [4.69, 9.17) is 16.3 Å². The minimum Gasteiger partial charge on any atom is -0.494 e. The van der Waals surface area contributed by atoms with E-state index in [-0.39, 0.29) is 11.8 Å². The zero-order chi connectivity index (χ0) is 19.0. The molecule has 1 atom stereocenters. The summed E-state index contributed by atoms with van der Waals surface area (Å²) in [6.07, 6.45) is 2.18. The van der Waals surface area contributed by atoms with Crippen LogP contribution in [0.1, 0.15) is 36.0 Å². The van der Waals surface area contributed by atoms with Crippen LogP contribution in [-0.2, 0) is 4.79 Å². The van der Waals surface area contributed by atoms with Gasteiger partial charge in [0.25, 0.3) is 0 Å². The van der Waals surface area contributed by atoms with Gasteiger partial charge in [0.2, 0.25) is 5.91 Å². The van der Waals surface area contributed by atoms with Gasteiger partial charge >= 0.3 is 0 Å². The second kappa shape index (κ2) is 7.08. The third-order valence-electron chi connectivity index (χ3n) is 4.88. The van der Waals surface area contributed by atoms with Gasteiger partial charge in [0.05, 0.1) is 18.5 Å². The summed E-state index contributed by atoms with van der Waals surface area (Å²) in [7, 11) is 0. The Balaban J connectivity index is 1.85. The predicted molar refractivity (Wildman–Crippen MR) is 106 cm³/mol. The molecule has 27 heavy (non-hydrogen) atoms. The van der Waals surface area contributed by atoms with Gasteiger partial charge in [0.15, 0.2) is 0 Å². The summed E-state index contributed by atoms with van der Waals surface area (Å²) in [4.78, 5) is 12.5. The number of aromatic nitrogens is 2. The second-order valence-electron chi connectivity index (χ2n) is 6.52. The Kier molecular flexibility index (Phi) is 4.62. The van der Waals surface area contributed by atoms with Gasteiger partial charge in [-0.05, 0) is 37.6 Å². The lowest BCUT2D eigenvalue weighted by Gasteiger charge is -2.25. The number of nitrogens with zero attached hydrogens (tertiary/aromatic N) is 2. The molecule has 0 saturated carbocycles. The highest BCUT2D eigenvalue weighted by atomic mass is 35.5. The van der Waals surface area contributed by atoms with E-state index < -0.39 is 0 Å². The van der Waals surface area contributed by atoms with Crippen LogP contribution in [-0.4, -0.2) is 22.3 Å². The van der Waals surface area contributed by atoms with E-state index in [1.807, 2.05) is 62.5 Å². The maximum atomic E-state index is 12.5. The quantitative estimate of drug-likeness (QED) is 0.712. The normalized spacial score (nSPS) is 16.0. The molecule has 0 aliphatic carbocycles. The number of ether oxygens (including phenoxy) is 1. The average Bonchev–Trinajstić information content (AvgIpc) is 3.08. The zero-order valence-corrected chi connectivity index (χ0v) is 16.0. The minimum absolute atomic E-state index is 0.0415. The van der Waals surface area contributed by atoms with Crippen molar-refractivity contribution in [1.29, 1.82) is 0 Å². The Morgan fingerprint density at radius 1 is 1.22 bits per heavy atom. The van der Waals surface area contributed by atoms with Gasteiger partial charge in [-0.15, -0.1) is 0 Å². The van der Waals surface area contributed by atoms with Crippen LogP contribution in [0.2, 0.25) is 5.02 Å². The summed E-state index contributed by atoms with van der Waals surface area (Å²) >= 11 is 6.28. The number of carbonyl (C=O) groups excluding carboxylic acids is 1. The number of halogens is 1. The van der Waals surface area contributed by atoms with Crippen LogP contribution in [0.25, 0.3) is 5.69 Å². The number of rotatable bonds is 4. The molecule has 6 heteroatoms. The molecule has 2 aromatic carbocycles. The molecule has 0 bridgehead atoms. The molecule has 0 spiro atoms. The summed E-state index contributed by atoms with van der Waals surface area (Å²) in [6, 6.07) is 13.5. The van der Waals surface area contributed by atoms with Gasteiger partial charge in [-0.25, -0.2) is 4.68 Å². The van der Waals surface area contributed by atoms with Gasteiger partial charge in [0, 0.05) is 28.5 Å². The lowest BCUT2D eigenvalue weighted by Crippen LogP contribution is -2.25. The monoisotopic (exact) mass is 381 g/mol. The number of amides is 1. The number of nitrogens with one attached hydrogen (secondary N) is 1. The summed E-state index contributed by atoms with van der Waals surface area (Å²) in [5.41, 5.74) is 3.73. The van der Waals surface area contributed by atoms with Gasteiger partial charge < -0.3 is 10.1 Å². The van der Waals surface area contributed by atoms with Crippen molar-refractivity contribution in [2.75, 3.05) is 11.9 Å². The zero-order valence-electron chi connectivity index (χ0n) is 15.2. The van der Waals surface area contributed by atoms with E-state index in [1.54, 1.807) is 4.68 Å². The molecule has 1 aromatic heterocycles. The first kappa shape index (κ1) is 17.6. The first-order valence-electron chi connectivity index (χ1n) is 8.95. The summed E-state index contributed by atoms with van der Waals surface area (Å²) in [6.45, 7) is 4.47. The molecule has 1 N–H and O–H groups in total. The second-order valence-corrected chi connectivity index (χ2v) is 6.93. The highest BCUT2D eigenvalue weighted by Crippen LogP contribution is 2.41. The fourth-order valence-corrected chi connectivity index (χ4v) is 3.73. The number of fused-ring (bicyclic) bond motifs is 1. The fraction of sp³-hybridized carbons (Fsp3) is 0.238. The highest BCUT2D eigenvalue weighted by molar-refractivity contribution is 6.31. The Bertz CT molecular complexity index is 1010. The lowest BCUT2D eigenvalue weighted by atomic mass is 9.87. The molecule has 4 rings (SSSR count). The number of anilines is 1. The maximum Gasteiger partial charge on any atom is 0.226 e. The van der Waals surface area contributed by atoms with Crippen molar-refractivity contribution in [2.45, 2.75) is 26.2 Å². The molecule has 1 unspecified atom stereocenters. The van der Waals surface area contributed by atoms with Crippen molar-refractivity contribution in [3.8, 4) is 11.4 Å². The van der Waals surface area contributed by atoms with Crippen LogP contribution in [0.15, 0.2) is 48.7 Å². The number of para-hydroxylation sites is 1. The van der Waals surface area contributed by atoms with Gasteiger partial charge in [0.1, 0.15) is 11.6 Å². The third-order valence-corrected chi connectivity index (χ3v) is 5.29. The maximum absolute atomic E-state index is 12.5. The highest BCUT2D eigenvalue weighted by Gasteiger charge is 2.32. The van der Waals surface area contributed by atoms with E-state index in [9.17, 15) is 4.79 Å². The summed E-state index contributed by atoms with van der Waals surface area (Å²) in [5.74, 6) is 1.34. The molecule has 0 fully saturated rings. The van der Waals surface area contributed by atoms with E-state index >= 15 is 0 Å². The SMILES string of the molecule is CCOc1ccccc1C1CC(=O)Nc2c1cnn2-c1cccc(Cl)c1C. The number of hydrogen-bond donors (Lipinski definition) is 1. The molecule has 1 amide bonds. The van der Waals surface area contributed by atoms with Crippen molar-refractivity contribution < 1.29 is 9.53 Å². The summed E-state index contributed by atoms with van der Waals surface area (Å²) in [5, 5.41) is 8.20. The van der Waals surface area contributed by atoms with Gasteiger partial charge in [-0.2, -0.15) is 5.10 Å². The van der Waals surface area contributed by atoms with Crippen LogP contribution < -0.4 is 10.1 Å². The van der Waals surface area contributed by atoms with Crippen LogP contribution >= 0.6 is 11.6 Å². The van der Waals surface area contributed by atoms with Crippen LogP contribution in [0.5, 0.6) is 5.75 Å². The van der Waals surface area contributed by atoms with E-state index in [0.29, 0.717) is 23.9 Å².